The third-order valence-electron chi connectivity index (χ3n) is 4.88. The van der Waals surface area contributed by atoms with Gasteiger partial charge in [0.2, 0.25) is 5.91 Å². The molecule has 4 heteroatoms. The lowest BCUT2D eigenvalue weighted by molar-refractivity contribution is -0.313. The number of anilines is 1. The lowest BCUT2D eigenvalue weighted by Gasteiger charge is -2.27. The van der Waals surface area contributed by atoms with Gasteiger partial charge in [-0.3, -0.25) is 4.79 Å². The maximum atomic E-state index is 12.7. The third-order valence-corrected chi connectivity index (χ3v) is 4.88. The number of hydrogen-bond acceptors (Lipinski definition) is 3. The number of allylic oxidation sites excluding steroid dienone is 4. The van der Waals surface area contributed by atoms with Crippen molar-refractivity contribution in [2.75, 3.05) is 5.32 Å². The number of aliphatic carboxylic acids is 1. The topological polar surface area (TPSA) is 69.2 Å². The van der Waals surface area contributed by atoms with E-state index in [0.29, 0.717) is 5.69 Å². The standard InChI is InChI=1S/C19H21NO3/c1-10(2)15-13-8-9-14(15)17(19(22)23)16(13)18(21)20-12-6-4-11(3)5-7-12/h4-9,13-14,16-17H,1-3H3,(H,20,21)(H,22,23)/p-1/t13-,14-,16+,17+/m1/s1. The van der Waals surface area contributed by atoms with Crippen molar-refractivity contribution in [2.45, 2.75) is 20.8 Å². The number of aryl methyl sites for hydroxylation is 1. The first-order valence-electron chi connectivity index (χ1n) is 7.84. The molecule has 1 aromatic carbocycles. The molecule has 2 aliphatic rings. The molecule has 120 valence electrons. The molecule has 1 saturated carbocycles. The molecule has 4 atom stereocenters. The van der Waals surface area contributed by atoms with E-state index in [1.54, 1.807) is 0 Å². The van der Waals surface area contributed by atoms with Crippen molar-refractivity contribution in [2.24, 2.45) is 23.7 Å². The molecule has 0 unspecified atom stereocenters. The summed E-state index contributed by atoms with van der Waals surface area (Å²) in [5.74, 6) is -3.16. The molecule has 1 fully saturated rings. The van der Waals surface area contributed by atoms with Crippen molar-refractivity contribution in [3.63, 3.8) is 0 Å². The Balaban J connectivity index is 1.89. The van der Waals surface area contributed by atoms with Crippen LogP contribution in [0.2, 0.25) is 0 Å². The van der Waals surface area contributed by atoms with E-state index in [4.69, 9.17) is 0 Å². The average Bonchev–Trinajstić information content (AvgIpc) is 3.05. The summed E-state index contributed by atoms with van der Waals surface area (Å²) in [6, 6.07) is 7.47. The van der Waals surface area contributed by atoms with Crippen LogP contribution >= 0.6 is 0 Å². The molecule has 23 heavy (non-hydrogen) atoms. The van der Waals surface area contributed by atoms with E-state index in [0.717, 1.165) is 16.7 Å². The van der Waals surface area contributed by atoms with Crippen LogP contribution in [0.1, 0.15) is 19.4 Å². The minimum Gasteiger partial charge on any atom is -0.550 e. The van der Waals surface area contributed by atoms with Crippen LogP contribution in [0.5, 0.6) is 0 Å². The van der Waals surface area contributed by atoms with Crippen LogP contribution in [0.3, 0.4) is 0 Å². The zero-order chi connectivity index (χ0) is 16.7. The molecule has 0 spiro atoms. The van der Waals surface area contributed by atoms with Crippen molar-refractivity contribution in [3.05, 3.63) is 53.1 Å². The number of rotatable bonds is 3. The van der Waals surface area contributed by atoms with Crippen LogP contribution in [0, 0.1) is 30.6 Å². The van der Waals surface area contributed by atoms with Gasteiger partial charge in [0.05, 0.1) is 5.92 Å². The van der Waals surface area contributed by atoms with Crippen LogP contribution in [-0.4, -0.2) is 11.9 Å². The van der Waals surface area contributed by atoms with Crippen molar-refractivity contribution >= 4 is 17.6 Å². The SMILES string of the molecule is CC(C)=C1[C@H]2C=C[C@H]1[C@H](C(=O)Nc1ccc(C)cc1)[C@H]2C(=O)[O-]. The van der Waals surface area contributed by atoms with Gasteiger partial charge in [0, 0.05) is 29.4 Å². The molecule has 0 aromatic heterocycles. The number of nitrogens with one attached hydrogen (secondary N) is 1. The fourth-order valence-electron chi connectivity index (χ4n) is 3.89. The number of carbonyl (C=O) groups excluding carboxylic acids is 2. The second-order valence-corrected chi connectivity index (χ2v) is 6.62. The van der Waals surface area contributed by atoms with Gasteiger partial charge in [-0.2, -0.15) is 0 Å². The highest BCUT2D eigenvalue weighted by Crippen LogP contribution is 2.53. The molecule has 0 saturated heterocycles. The summed E-state index contributed by atoms with van der Waals surface area (Å²) >= 11 is 0. The van der Waals surface area contributed by atoms with Crippen LogP contribution in [0.15, 0.2) is 47.6 Å². The monoisotopic (exact) mass is 310 g/mol. The van der Waals surface area contributed by atoms with Gasteiger partial charge < -0.3 is 15.2 Å². The fraction of sp³-hybridized carbons (Fsp3) is 0.368. The molecule has 2 bridgehead atoms. The van der Waals surface area contributed by atoms with Gasteiger partial charge in [-0.25, -0.2) is 0 Å². The maximum absolute atomic E-state index is 12.7. The van der Waals surface area contributed by atoms with Crippen molar-refractivity contribution in [1.29, 1.82) is 0 Å². The summed E-state index contributed by atoms with van der Waals surface area (Å²) in [6.07, 6.45) is 3.87. The number of amides is 1. The van der Waals surface area contributed by atoms with Gasteiger partial charge in [0.15, 0.2) is 0 Å². The molecule has 3 rings (SSSR count). The van der Waals surface area contributed by atoms with E-state index in [9.17, 15) is 14.7 Å². The first-order chi connectivity index (χ1) is 10.9. The highest BCUT2D eigenvalue weighted by molar-refractivity contribution is 5.97. The van der Waals surface area contributed by atoms with Gasteiger partial charge in [0.25, 0.3) is 0 Å². The van der Waals surface area contributed by atoms with Crippen LogP contribution in [-0.2, 0) is 9.59 Å². The van der Waals surface area contributed by atoms with Gasteiger partial charge in [-0.05, 0) is 32.9 Å². The molecule has 1 amide bonds. The summed E-state index contributed by atoms with van der Waals surface area (Å²) in [5.41, 5.74) is 3.93. The molecule has 0 radical (unpaired) electrons. The van der Waals surface area contributed by atoms with Crippen molar-refractivity contribution in [1.82, 2.24) is 0 Å². The molecular weight excluding hydrogens is 290 g/mol. The lowest BCUT2D eigenvalue weighted by atomic mass is 9.82. The van der Waals surface area contributed by atoms with E-state index >= 15 is 0 Å². The molecular formula is C19H20NO3-. The molecule has 2 aliphatic carbocycles. The first kappa shape index (κ1) is 15.5. The number of fused-ring (bicyclic) bond motifs is 2. The third kappa shape index (κ3) is 2.58. The summed E-state index contributed by atoms with van der Waals surface area (Å²) in [5, 5.41) is 14.5. The van der Waals surface area contributed by atoms with Gasteiger partial charge >= 0.3 is 0 Å². The van der Waals surface area contributed by atoms with Gasteiger partial charge in [0.1, 0.15) is 0 Å². The normalized spacial score (nSPS) is 28.0. The Hall–Kier alpha value is -2.36. The lowest BCUT2D eigenvalue weighted by Crippen LogP contribution is -2.42. The van der Waals surface area contributed by atoms with Crippen LogP contribution in [0.25, 0.3) is 0 Å². The van der Waals surface area contributed by atoms with E-state index in [-0.39, 0.29) is 17.7 Å². The van der Waals surface area contributed by atoms with E-state index < -0.39 is 17.8 Å². The number of hydrogen-bond donors (Lipinski definition) is 1. The Morgan fingerprint density at radius 3 is 2.09 bits per heavy atom. The Labute approximate surface area is 135 Å². The zero-order valence-corrected chi connectivity index (χ0v) is 13.5. The zero-order valence-electron chi connectivity index (χ0n) is 13.5. The number of benzene rings is 1. The largest absolute Gasteiger partial charge is 0.550 e. The Kier molecular flexibility index (Phi) is 3.84. The molecule has 0 heterocycles. The highest BCUT2D eigenvalue weighted by atomic mass is 16.4. The molecule has 4 nitrogen and oxygen atoms in total. The fourth-order valence-corrected chi connectivity index (χ4v) is 3.89. The molecule has 0 aliphatic heterocycles. The Morgan fingerprint density at radius 1 is 1.00 bits per heavy atom. The molecule has 1 aromatic rings. The Morgan fingerprint density at radius 2 is 1.57 bits per heavy atom. The molecule has 1 N–H and O–H groups in total. The van der Waals surface area contributed by atoms with E-state index in [1.807, 2.05) is 57.2 Å². The van der Waals surface area contributed by atoms with Crippen LogP contribution < -0.4 is 10.4 Å². The van der Waals surface area contributed by atoms with Gasteiger partial charge in [-0.15, -0.1) is 0 Å². The van der Waals surface area contributed by atoms with Crippen molar-refractivity contribution in [3.8, 4) is 0 Å². The summed E-state index contributed by atoms with van der Waals surface area (Å²) < 4.78 is 0. The first-order valence-corrected chi connectivity index (χ1v) is 7.84. The van der Waals surface area contributed by atoms with Crippen molar-refractivity contribution < 1.29 is 14.7 Å². The number of carbonyl (C=O) groups is 2. The minimum atomic E-state index is -1.15. The second-order valence-electron chi connectivity index (χ2n) is 6.62. The predicted octanol–water partition coefficient (Wildman–Crippen LogP) is 2.07. The quantitative estimate of drug-likeness (QED) is 0.869. The number of carboxylic acids is 1. The van der Waals surface area contributed by atoms with Crippen LogP contribution in [0.4, 0.5) is 5.69 Å². The smallest absolute Gasteiger partial charge is 0.229 e. The predicted molar refractivity (Wildman–Crippen MR) is 86.3 cm³/mol. The summed E-state index contributed by atoms with van der Waals surface area (Å²) in [6.45, 7) is 5.91. The van der Waals surface area contributed by atoms with E-state index in [2.05, 4.69) is 5.32 Å². The highest BCUT2D eigenvalue weighted by Gasteiger charge is 2.52. The average molecular weight is 310 g/mol. The van der Waals surface area contributed by atoms with Gasteiger partial charge in [-0.1, -0.05) is 41.0 Å². The second kappa shape index (κ2) is 5.69. The summed E-state index contributed by atoms with van der Waals surface area (Å²) in [7, 11) is 0. The van der Waals surface area contributed by atoms with E-state index in [1.165, 1.54) is 0 Å². The summed E-state index contributed by atoms with van der Waals surface area (Å²) in [4.78, 5) is 24.3. The minimum absolute atomic E-state index is 0.140. The number of carboxylic acid groups (broad SMARTS) is 1. The Bertz CT molecular complexity index is 711. The maximum Gasteiger partial charge on any atom is 0.229 e.